The molecule has 0 aliphatic carbocycles. The fraction of sp³-hybridized carbons (Fsp3) is 0.0800. The van der Waals surface area contributed by atoms with Gasteiger partial charge in [-0.25, -0.2) is 4.98 Å². The van der Waals surface area contributed by atoms with Gasteiger partial charge in [0.2, 0.25) is 5.91 Å². The second kappa shape index (κ2) is 9.55. The van der Waals surface area contributed by atoms with E-state index < -0.39 is 4.92 Å². The number of ether oxygens (including phenoxy) is 1. The van der Waals surface area contributed by atoms with Crippen molar-refractivity contribution in [3.05, 3.63) is 93.3 Å². The van der Waals surface area contributed by atoms with Gasteiger partial charge in [0.05, 0.1) is 23.5 Å². The molecule has 0 fully saturated rings. The van der Waals surface area contributed by atoms with Gasteiger partial charge in [0, 0.05) is 34.8 Å². The predicted molar refractivity (Wildman–Crippen MR) is 138 cm³/mol. The van der Waals surface area contributed by atoms with E-state index in [1.807, 2.05) is 24.3 Å². The number of methoxy groups -OCH3 is 1. The van der Waals surface area contributed by atoms with Gasteiger partial charge in [-0.05, 0) is 30.3 Å². The molecular formula is C25H19N5O5S. The summed E-state index contributed by atoms with van der Waals surface area (Å²) in [6.45, 7) is 0. The number of carbonyl (C=O) groups is 1. The lowest BCUT2D eigenvalue weighted by molar-refractivity contribution is -0.384. The number of nitrogens with one attached hydrogen (secondary N) is 2. The average molecular weight is 502 g/mol. The molecule has 10 nitrogen and oxygen atoms in total. The number of nitrogens with zero attached hydrogens (tertiary/aromatic N) is 3. The zero-order valence-electron chi connectivity index (χ0n) is 18.9. The zero-order valence-corrected chi connectivity index (χ0v) is 19.7. The van der Waals surface area contributed by atoms with Gasteiger partial charge in [-0.1, -0.05) is 36.0 Å². The number of rotatable bonds is 7. The number of nitro benzene ring substituents is 1. The van der Waals surface area contributed by atoms with E-state index >= 15 is 0 Å². The Morgan fingerprint density at radius 3 is 2.67 bits per heavy atom. The first-order valence-corrected chi connectivity index (χ1v) is 11.8. The van der Waals surface area contributed by atoms with Crippen molar-refractivity contribution in [1.29, 1.82) is 0 Å². The molecule has 0 radical (unpaired) electrons. The summed E-state index contributed by atoms with van der Waals surface area (Å²) in [6.07, 6.45) is 0. The normalized spacial score (nSPS) is 11.0. The Morgan fingerprint density at radius 1 is 1.14 bits per heavy atom. The summed E-state index contributed by atoms with van der Waals surface area (Å²) in [5.41, 5.74) is 2.05. The molecule has 5 rings (SSSR count). The van der Waals surface area contributed by atoms with Gasteiger partial charge in [-0.15, -0.1) is 0 Å². The van der Waals surface area contributed by atoms with Crippen LogP contribution in [-0.4, -0.2) is 38.2 Å². The van der Waals surface area contributed by atoms with Crippen molar-refractivity contribution >= 4 is 51.0 Å². The zero-order chi connectivity index (χ0) is 25.2. The third-order valence-electron chi connectivity index (χ3n) is 5.50. The number of fused-ring (bicyclic) bond motifs is 3. The molecule has 0 atom stereocenters. The highest BCUT2D eigenvalue weighted by Crippen LogP contribution is 2.27. The van der Waals surface area contributed by atoms with Crippen molar-refractivity contribution in [2.75, 3.05) is 18.2 Å². The van der Waals surface area contributed by atoms with E-state index in [0.29, 0.717) is 28.2 Å². The van der Waals surface area contributed by atoms with E-state index in [-0.39, 0.29) is 28.1 Å². The second-order valence-corrected chi connectivity index (χ2v) is 8.71. The summed E-state index contributed by atoms with van der Waals surface area (Å²) in [5, 5.41) is 15.0. The molecule has 2 heterocycles. The van der Waals surface area contributed by atoms with E-state index in [1.165, 1.54) is 28.8 Å². The highest BCUT2D eigenvalue weighted by atomic mass is 32.2. The summed E-state index contributed by atoms with van der Waals surface area (Å²) in [5.74, 6) is 0.292. The van der Waals surface area contributed by atoms with Gasteiger partial charge in [0.15, 0.2) is 5.16 Å². The SMILES string of the molecule is COc1cccc(NC(=O)CSc2nc3c([nH]c4ccccc43)c(=O)n2-c2ccc([N+](=O)[O-])cc2)c1. The number of H-pyrrole nitrogens is 1. The van der Waals surface area contributed by atoms with E-state index in [1.54, 1.807) is 31.4 Å². The number of thioether (sulfide) groups is 1. The van der Waals surface area contributed by atoms with Crippen LogP contribution in [0.25, 0.3) is 27.6 Å². The number of carbonyl (C=O) groups excluding carboxylic acids is 1. The Hall–Kier alpha value is -4.64. The molecule has 0 bridgehead atoms. The maximum Gasteiger partial charge on any atom is 0.283 e. The van der Waals surface area contributed by atoms with Gasteiger partial charge in [-0.3, -0.25) is 24.3 Å². The van der Waals surface area contributed by atoms with E-state index in [9.17, 15) is 19.7 Å². The van der Waals surface area contributed by atoms with Gasteiger partial charge < -0.3 is 15.0 Å². The van der Waals surface area contributed by atoms with Crippen LogP contribution in [0.1, 0.15) is 0 Å². The quantitative estimate of drug-likeness (QED) is 0.145. The predicted octanol–water partition coefficient (Wildman–Crippen LogP) is 4.51. The van der Waals surface area contributed by atoms with Crippen molar-refractivity contribution in [3.8, 4) is 11.4 Å². The first kappa shape index (κ1) is 23.1. The van der Waals surface area contributed by atoms with Crippen LogP contribution in [0.15, 0.2) is 82.7 Å². The Labute approximate surface area is 208 Å². The number of aromatic amines is 1. The molecule has 0 saturated carbocycles. The Bertz CT molecular complexity index is 1680. The molecule has 180 valence electrons. The summed E-state index contributed by atoms with van der Waals surface area (Å²) in [7, 11) is 1.54. The summed E-state index contributed by atoms with van der Waals surface area (Å²) < 4.78 is 6.54. The Balaban J connectivity index is 1.54. The van der Waals surface area contributed by atoms with Crippen LogP contribution in [0.5, 0.6) is 5.75 Å². The van der Waals surface area contributed by atoms with Crippen molar-refractivity contribution in [2.24, 2.45) is 0 Å². The third-order valence-corrected chi connectivity index (χ3v) is 6.44. The molecule has 5 aromatic rings. The van der Waals surface area contributed by atoms with E-state index in [0.717, 1.165) is 22.7 Å². The minimum atomic E-state index is -0.510. The van der Waals surface area contributed by atoms with Crippen LogP contribution < -0.4 is 15.6 Å². The summed E-state index contributed by atoms with van der Waals surface area (Å²) in [4.78, 5) is 44.7. The molecule has 0 saturated heterocycles. The molecule has 0 aliphatic heterocycles. The van der Waals surface area contributed by atoms with Crippen molar-refractivity contribution in [3.63, 3.8) is 0 Å². The van der Waals surface area contributed by atoms with Crippen LogP contribution in [0.3, 0.4) is 0 Å². The molecule has 3 aromatic carbocycles. The standard InChI is InChI=1S/C25H19N5O5S/c1-35-18-6-4-5-15(13-18)26-21(31)14-36-25-28-22-19-7-2-3-8-20(19)27-23(22)24(32)29(25)16-9-11-17(12-10-16)30(33)34/h2-13,27H,14H2,1H3,(H,26,31). The fourth-order valence-corrected chi connectivity index (χ4v) is 4.62. The lowest BCUT2D eigenvalue weighted by atomic mass is 10.2. The largest absolute Gasteiger partial charge is 0.497 e. The smallest absolute Gasteiger partial charge is 0.283 e. The Morgan fingerprint density at radius 2 is 1.92 bits per heavy atom. The minimum absolute atomic E-state index is 0.0233. The number of nitro groups is 1. The van der Waals surface area contributed by atoms with Crippen LogP contribution in [-0.2, 0) is 4.79 Å². The molecule has 0 unspecified atom stereocenters. The van der Waals surface area contributed by atoms with Gasteiger partial charge in [-0.2, -0.15) is 0 Å². The van der Waals surface area contributed by atoms with Crippen LogP contribution in [0.4, 0.5) is 11.4 Å². The highest BCUT2D eigenvalue weighted by molar-refractivity contribution is 7.99. The van der Waals surface area contributed by atoms with Gasteiger partial charge in [0.25, 0.3) is 11.2 Å². The fourth-order valence-electron chi connectivity index (χ4n) is 3.82. The number of non-ortho nitro benzene ring substituents is 1. The number of aromatic nitrogens is 3. The summed E-state index contributed by atoms with van der Waals surface area (Å²) >= 11 is 1.09. The van der Waals surface area contributed by atoms with Crippen molar-refractivity contribution in [2.45, 2.75) is 5.16 Å². The third kappa shape index (κ3) is 4.39. The highest BCUT2D eigenvalue weighted by Gasteiger charge is 2.19. The van der Waals surface area contributed by atoms with Crippen LogP contribution in [0, 0.1) is 10.1 Å². The average Bonchev–Trinajstić information content (AvgIpc) is 3.27. The first-order chi connectivity index (χ1) is 17.4. The molecule has 11 heteroatoms. The van der Waals surface area contributed by atoms with Crippen molar-refractivity contribution in [1.82, 2.24) is 14.5 Å². The summed E-state index contributed by atoms with van der Waals surface area (Å²) in [6, 6.07) is 20.0. The number of hydrogen-bond donors (Lipinski definition) is 2. The maximum absolute atomic E-state index is 13.6. The molecule has 2 N–H and O–H groups in total. The monoisotopic (exact) mass is 501 g/mol. The number of amides is 1. The van der Waals surface area contributed by atoms with Crippen molar-refractivity contribution < 1.29 is 14.5 Å². The molecule has 0 spiro atoms. The molecule has 36 heavy (non-hydrogen) atoms. The molecule has 1 amide bonds. The maximum atomic E-state index is 13.6. The van der Waals surface area contributed by atoms with Gasteiger partial charge >= 0.3 is 0 Å². The topological polar surface area (TPSA) is 132 Å². The second-order valence-electron chi connectivity index (χ2n) is 7.77. The number of anilines is 1. The van der Waals surface area contributed by atoms with Crippen LogP contribution in [0.2, 0.25) is 0 Å². The van der Waals surface area contributed by atoms with E-state index in [2.05, 4.69) is 10.3 Å². The number of benzene rings is 3. The molecule has 2 aromatic heterocycles. The van der Waals surface area contributed by atoms with Crippen LogP contribution >= 0.6 is 11.8 Å². The minimum Gasteiger partial charge on any atom is -0.497 e. The lowest BCUT2D eigenvalue weighted by Crippen LogP contribution is -2.23. The van der Waals surface area contributed by atoms with Gasteiger partial charge in [0.1, 0.15) is 16.8 Å². The number of hydrogen-bond acceptors (Lipinski definition) is 7. The molecular weight excluding hydrogens is 482 g/mol. The number of para-hydroxylation sites is 1. The lowest BCUT2D eigenvalue weighted by Gasteiger charge is -2.12. The molecule has 0 aliphatic rings. The first-order valence-electron chi connectivity index (χ1n) is 10.8. The van der Waals surface area contributed by atoms with E-state index in [4.69, 9.17) is 9.72 Å². The Kier molecular flexibility index (Phi) is 6.13.